The third-order valence-electron chi connectivity index (χ3n) is 4.35. The summed E-state index contributed by atoms with van der Waals surface area (Å²) in [4.78, 5) is -0.254. The van der Waals surface area contributed by atoms with E-state index in [0.29, 0.717) is 16.5 Å². The number of benzene rings is 3. The number of nitrogens with zero attached hydrogens (tertiary/aromatic N) is 1. The summed E-state index contributed by atoms with van der Waals surface area (Å²) in [7, 11) is -3.99. The summed E-state index contributed by atoms with van der Waals surface area (Å²) < 4.78 is 26.4. The van der Waals surface area contributed by atoms with Gasteiger partial charge in [0.2, 0.25) is 9.84 Å². The summed E-state index contributed by atoms with van der Waals surface area (Å²) in [5, 5.41) is 13.7. The van der Waals surface area contributed by atoms with E-state index in [9.17, 15) is 13.7 Å². The molecule has 0 radical (unpaired) electrons. The van der Waals surface area contributed by atoms with Crippen molar-refractivity contribution in [1.82, 2.24) is 0 Å². The maximum atomic E-state index is 13.2. The third-order valence-corrected chi connectivity index (χ3v) is 7.49. The second kappa shape index (κ2) is 9.86. The van der Waals surface area contributed by atoms with E-state index in [-0.39, 0.29) is 14.8 Å². The highest BCUT2D eigenvalue weighted by Crippen LogP contribution is 2.32. The van der Waals surface area contributed by atoms with Crippen LogP contribution in [0.3, 0.4) is 0 Å². The Morgan fingerprint density at radius 3 is 2.40 bits per heavy atom. The van der Waals surface area contributed by atoms with Crippen LogP contribution in [0.4, 0.5) is 5.69 Å². The minimum Gasteiger partial charge on any atom is -0.348 e. The highest BCUT2D eigenvalue weighted by atomic mass is 35.5. The number of nitriles is 1. The zero-order valence-corrected chi connectivity index (χ0v) is 18.6. The summed E-state index contributed by atoms with van der Waals surface area (Å²) in [5.41, 5.74) is 2.75. The van der Waals surface area contributed by atoms with Gasteiger partial charge >= 0.3 is 0 Å². The van der Waals surface area contributed by atoms with Crippen LogP contribution in [-0.4, -0.2) is 8.42 Å². The van der Waals surface area contributed by atoms with Crippen LogP contribution < -0.4 is 5.32 Å². The third kappa shape index (κ3) is 5.25. The minimum atomic E-state index is -3.99. The molecule has 0 aliphatic rings. The summed E-state index contributed by atoms with van der Waals surface area (Å²) in [6, 6.07) is 24.6. The predicted molar refractivity (Wildman–Crippen MR) is 124 cm³/mol. The zero-order valence-electron chi connectivity index (χ0n) is 16.2. The monoisotopic (exact) mass is 454 g/mol. The molecule has 1 N–H and O–H groups in total. The summed E-state index contributed by atoms with van der Waals surface area (Å²) in [6.45, 7) is 2.00. The maximum Gasteiger partial charge on any atom is 0.219 e. The molecule has 3 aromatic carbocycles. The Kier molecular flexibility index (Phi) is 7.22. The lowest BCUT2D eigenvalue weighted by molar-refractivity contribution is 0.603. The summed E-state index contributed by atoms with van der Waals surface area (Å²) >= 11 is 7.34. The number of rotatable bonds is 7. The van der Waals surface area contributed by atoms with Crippen LogP contribution in [0.25, 0.3) is 0 Å². The Bertz CT molecular complexity index is 1220. The average Bonchev–Trinajstić information content (AvgIpc) is 2.74. The largest absolute Gasteiger partial charge is 0.348 e. The van der Waals surface area contributed by atoms with E-state index in [2.05, 4.69) is 5.32 Å². The Morgan fingerprint density at radius 1 is 1.03 bits per heavy atom. The van der Waals surface area contributed by atoms with Crippen molar-refractivity contribution in [3.8, 4) is 6.07 Å². The quantitative estimate of drug-likeness (QED) is 0.433. The van der Waals surface area contributed by atoms with E-state index in [0.717, 1.165) is 11.1 Å². The second-order valence-corrected chi connectivity index (χ2v) is 9.75. The molecule has 3 aromatic rings. The molecule has 0 unspecified atom stereocenters. The number of allylic oxidation sites excluding steroid dienone is 1. The maximum absolute atomic E-state index is 13.2. The average molecular weight is 455 g/mol. The molecule has 0 saturated carbocycles. The van der Waals surface area contributed by atoms with Crippen molar-refractivity contribution in [2.24, 2.45) is 0 Å². The van der Waals surface area contributed by atoms with Crippen molar-refractivity contribution in [3.63, 3.8) is 0 Å². The Labute approximate surface area is 186 Å². The molecule has 0 amide bonds. The predicted octanol–water partition coefficient (Wildman–Crippen LogP) is 6.16. The smallest absolute Gasteiger partial charge is 0.219 e. The highest BCUT2D eigenvalue weighted by Gasteiger charge is 2.25. The number of nitrogens with one attached hydrogen (secondary N) is 1. The van der Waals surface area contributed by atoms with E-state index >= 15 is 0 Å². The number of aryl methyl sites for hydroxylation is 1. The van der Waals surface area contributed by atoms with Crippen molar-refractivity contribution in [2.75, 3.05) is 5.32 Å². The minimum absolute atomic E-state index is 0.0726. The fourth-order valence-corrected chi connectivity index (χ4v) is 5.58. The number of thioether (sulfide) groups is 1. The van der Waals surface area contributed by atoms with E-state index in [1.165, 1.54) is 23.9 Å². The molecule has 0 spiro atoms. The number of sulfone groups is 1. The fraction of sp³-hybridized carbons (Fsp3) is 0.0870. The second-order valence-electron chi connectivity index (χ2n) is 6.44. The molecule has 4 nitrogen and oxygen atoms in total. The molecule has 0 aliphatic heterocycles. The van der Waals surface area contributed by atoms with Crippen LogP contribution in [0.15, 0.2) is 93.7 Å². The van der Waals surface area contributed by atoms with Gasteiger partial charge in [0.25, 0.3) is 0 Å². The molecule has 7 heteroatoms. The topological polar surface area (TPSA) is 70.0 Å². The van der Waals surface area contributed by atoms with Crippen molar-refractivity contribution in [2.45, 2.75) is 17.6 Å². The highest BCUT2D eigenvalue weighted by molar-refractivity contribution is 8.04. The van der Waals surface area contributed by atoms with Gasteiger partial charge in [0.15, 0.2) is 4.91 Å². The SMILES string of the molecule is Cc1ccccc1CS/C(Nc1cccc(Cl)c1)=C(\C#N)S(=O)(=O)c1ccccc1. The van der Waals surface area contributed by atoms with Gasteiger partial charge in [0.05, 0.1) is 4.90 Å². The lowest BCUT2D eigenvalue weighted by Gasteiger charge is -2.15. The molecule has 0 fully saturated rings. The molecule has 0 saturated heterocycles. The fourth-order valence-electron chi connectivity index (χ4n) is 2.73. The van der Waals surface area contributed by atoms with Crippen molar-refractivity contribution < 1.29 is 8.42 Å². The van der Waals surface area contributed by atoms with Gasteiger partial charge < -0.3 is 5.32 Å². The lowest BCUT2D eigenvalue weighted by Crippen LogP contribution is -2.10. The Balaban J connectivity index is 2.06. The summed E-state index contributed by atoms with van der Waals surface area (Å²) in [6.07, 6.45) is 0. The van der Waals surface area contributed by atoms with Gasteiger partial charge in [-0.1, -0.05) is 60.1 Å². The molecule has 0 bridgehead atoms. The van der Waals surface area contributed by atoms with Gasteiger partial charge in [-0.25, -0.2) is 8.42 Å². The van der Waals surface area contributed by atoms with Crippen LogP contribution >= 0.6 is 23.4 Å². The molecule has 0 atom stereocenters. The first kappa shape index (κ1) is 22.0. The van der Waals surface area contributed by atoms with Crippen molar-refractivity contribution >= 4 is 38.9 Å². The first-order valence-electron chi connectivity index (χ1n) is 9.06. The zero-order chi connectivity index (χ0) is 21.6. The van der Waals surface area contributed by atoms with Gasteiger partial charge in [-0.2, -0.15) is 5.26 Å². The number of hydrogen-bond acceptors (Lipinski definition) is 5. The number of anilines is 1. The Morgan fingerprint density at radius 2 is 1.73 bits per heavy atom. The molecule has 152 valence electrons. The lowest BCUT2D eigenvalue weighted by atomic mass is 10.1. The molecular formula is C23H19ClN2O2S2. The van der Waals surface area contributed by atoms with E-state index < -0.39 is 9.84 Å². The molecule has 0 aromatic heterocycles. The van der Waals surface area contributed by atoms with Crippen LogP contribution in [0.1, 0.15) is 11.1 Å². The van der Waals surface area contributed by atoms with Crippen LogP contribution in [-0.2, 0) is 15.6 Å². The number of hydrogen-bond donors (Lipinski definition) is 1. The van der Waals surface area contributed by atoms with Crippen LogP contribution in [0.5, 0.6) is 0 Å². The van der Waals surface area contributed by atoms with Crippen LogP contribution in [0.2, 0.25) is 5.02 Å². The Hall–Kier alpha value is -2.72. The summed E-state index contributed by atoms with van der Waals surface area (Å²) in [5.74, 6) is 0.505. The van der Waals surface area contributed by atoms with Crippen molar-refractivity contribution in [3.05, 3.63) is 105 Å². The van der Waals surface area contributed by atoms with Gasteiger partial charge in [0, 0.05) is 16.5 Å². The van der Waals surface area contributed by atoms with Crippen molar-refractivity contribution in [1.29, 1.82) is 5.26 Å². The van der Waals surface area contributed by atoms with Gasteiger partial charge in [-0.3, -0.25) is 0 Å². The molecule has 0 aliphatic carbocycles. The molecule has 30 heavy (non-hydrogen) atoms. The number of halogens is 1. The van der Waals surface area contributed by atoms with Crippen LogP contribution in [0, 0.1) is 18.3 Å². The normalized spacial score (nSPS) is 12.0. The van der Waals surface area contributed by atoms with Gasteiger partial charge in [-0.15, -0.1) is 11.8 Å². The molecule has 3 rings (SSSR count). The van der Waals surface area contributed by atoms with Gasteiger partial charge in [-0.05, 0) is 48.4 Å². The van der Waals surface area contributed by atoms with E-state index in [4.69, 9.17) is 11.6 Å². The molecular weight excluding hydrogens is 436 g/mol. The van der Waals surface area contributed by atoms with E-state index in [1.807, 2.05) is 37.3 Å². The van der Waals surface area contributed by atoms with E-state index in [1.54, 1.807) is 42.5 Å². The molecule has 0 heterocycles. The first-order chi connectivity index (χ1) is 14.4. The van der Waals surface area contributed by atoms with Gasteiger partial charge in [0.1, 0.15) is 11.1 Å². The first-order valence-corrected chi connectivity index (χ1v) is 11.9. The standard InChI is InChI=1S/C23H19ClN2O2S2/c1-17-8-5-6-9-18(17)16-29-23(26-20-11-7-10-19(24)14-20)22(15-25)30(27,28)21-12-3-2-4-13-21/h2-14,26H,16H2,1H3/b23-22+.